The van der Waals surface area contributed by atoms with E-state index in [1.165, 1.54) is 0 Å². The van der Waals surface area contributed by atoms with Crippen LogP contribution in [-0.2, 0) is 11.3 Å². The van der Waals surface area contributed by atoms with Crippen molar-refractivity contribution in [2.75, 3.05) is 19.7 Å². The van der Waals surface area contributed by atoms with Gasteiger partial charge < -0.3 is 25.0 Å². The lowest BCUT2D eigenvalue weighted by Crippen LogP contribution is -2.36. The van der Waals surface area contributed by atoms with Gasteiger partial charge in [-0.2, -0.15) is 0 Å². The summed E-state index contributed by atoms with van der Waals surface area (Å²) in [5.41, 5.74) is 1.67. The predicted molar refractivity (Wildman–Crippen MR) is 76.0 cm³/mol. The number of urea groups is 1. The van der Waals surface area contributed by atoms with Gasteiger partial charge >= 0.3 is 13.1 Å². The molecule has 0 spiro atoms. The van der Waals surface area contributed by atoms with E-state index in [-0.39, 0.29) is 6.03 Å². The highest BCUT2D eigenvalue weighted by molar-refractivity contribution is 6.62. The molecule has 0 atom stereocenters. The van der Waals surface area contributed by atoms with Gasteiger partial charge in [0.15, 0.2) is 0 Å². The van der Waals surface area contributed by atoms with E-state index in [0.717, 1.165) is 5.56 Å². The van der Waals surface area contributed by atoms with Crippen LogP contribution < -0.4 is 20.8 Å². The second kappa shape index (κ2) is 7.16. The van der Waals surface area contributed by atoms with Crippen LogP contribution in [0.25, 0.3) is 0 Å². The molecule has 0 unspecified atom stereocenters. The summed E-state index contributed by atoms with van der Waals surface area (Å²) in [6.45, 7) is 3.89. The second-order valence-corrected chi connectivity index (χ2v) is 4.48. The van der Waals surface area contributed by atoms with Crippen LogP contribution in [0.2, 0.25) is 0 Å². The van der Waals surface area contributed by atoms with Crippen molar-refractivity contribution in [1.29, 1.82) is 0 Å². The molecule has 3 N–H and O–H groups in total. The van der Waals surface area contributed by atoms with Crippen molar-refractivity contribution in [2.24, 2.45) is 0 Å². The summed E-state index contributed by atoms with van der Waals surface area (Å²) in [6.07, 6.45) is 0.692. The Labute approximate surface area is 118 Å². The van der Waals surface area contributed by atoms with Crippen LogP contribution in [0.5, 0.6) is 5.75 Å². The van der Waals surface area contributed by atoms with Crippen molar-refractivity contribution in [3.05, 3.63) is 23.8 Å². The lowest BCUT2D eigenvalue weighted by atomic mass is 9.79. The zero-order chi connectivity index (χ0) is 14.4. The number of fused-ring (bicyclic) bond motifs is 1. The Morgan fingerprint density at radius 2 is 2.35 bits per heavy atom. The first kappa shape index (κ1) is 14.7. The summed E-state index contributed by atoms with van der Waals surface area (Å²) in [5, 5.41) is 15.1. The molecule has 108 valence electrons. The molecule has 0 aliphatic carbocycles. The van der Waals surface area contributed by atoms with Gasteiger partial charge in [0.1, 0.15) is 5.75 Å². The minimum Gasteiger partial charge on any atom is -0.494 e. The van der Waals surface area contributed by atoms with Gasteiger partial charge in [0.05, 0.1) is 13.2 Å². The Bertz CT molecular complexity index is 470. The number of carbonyl (C=O) groups excluding carboxylic acids is 1. The molecular weight excluding hydrogens is 259 g/mol. The molecule has 0 saturated heterocycles. The molecule has 7 heteroatoms. The largest absolute Gasteiger partial charge is 0.495 e. The summed E-state index contributed by atoms with van der Waals surface area (Å²) in [4.78, 5) is 11.2. The predicted octanol–water partition coefficient (Wildman–Crippen LogP) is -0.00770. The number of amides is 2. The summed E-state index contributed by atoms with van der Waals surface area (Å²) >= 11 is 0. The Morgan fingerprint density at radius 3 is 3.15 bits per heavy atom. The molecule has 0 radical (unpaired) electrons. The minimum atomic E-state index is -0.908. The fraction of sp³-hybridized carbons (Fsp3) is 0.462. The number of hydrogen-bond donors (Lipinski definition) is 3. The van der Waals surface area contributed by atoms with Gasteiger partial charge in [-0.3, -0.25) is 0 Å². The van der Waals surface area contributed by atoms with E-state index in [1.807, 2.05) is 25.1 Å². The first-order chi connectivity index (χ1) is 9.72. The third kappa shape index (κ3) is 3.65. The molecule has 0 saturated carbocycles. The van der Waals surface area contributed by atoms with E-state index in [9.17, 15) is 9.82 Å². The van der Waals surface area contributed by atoms with Crippen molar-refractivity contribution in [1.82, 2.24) is 10.6 Å². The van der Waals surface area contributed by atoms with Gasteiger partial charge in [0, 0.05) is 18.6 Å². The maximum Gasteiger partial charge on any atom is 0.495 e. The summed E-state index contributed by atoms with van der Waals surface area (Å²) in [6, 6.07) is 5.43. The maximum absolute atomic E-state index is 11.2. The molecule has 2 rings (SSSR count). The third-order valence-electron chi connectivity index (χ3n) is 3.00. The van der Waals surface area contributed by atoms with E-state index in [4.69, 9.17) is 9.39 Å². The molecule has 1 heterocycles. The second-order valence-electron chi connectivity index (χ2n) is 4.48. The molecule has 1 aliphatic heterocycles. The quantitative estimate of drug-likeness (QED) is 0.505. The fourth-order valence-corrected chi connectivity index (χ4v) is 2.05. The fourth-order valence-electron chi connectivity index (χ4n) is 2.05. The molecule has 2 amide bonds. The van der Waals surface area contributed by atoms with Crippen molar-refractivity contribution >= 4 is 18.6 Å². The minimum absolute atomic E-state index is 0.170. The maximum atomic E-state index is 11.2. The smallest absolute Gasteiger partial charge is 0.494 e. The van der Waals surface area contributed by atoms with Crippen LogP contribution in [-0.4, -0.2) is 37.9 Å². The van der Waals surface area contributed by atoms with Crippen molar-refractivity contribution in [3.8, 4) is 5.75 Å². The van der Waals surface area contributed by atoms with Crippen LogP contribution >= 0.6 is 0 Å². The molecule has 20 heavy (non-hydrogen) atoms. The molecule has 0 aromatic heterocycles. The van der Waals surface area contributed by atoms with Crippen LogP contribution in [0.15, 0.2) is 18.2 Å². The lowest BCUT2D eigenvalue weighted by Gasteiger charge is -2.11. The number of rotatable bonds is 6. The highest BCUT2D eigenvalue weighted by atomic mass is 16.5. The summed E-state index contributed by atoms with van der Waals surface area (Å²) < 4.78 is 10.8. The van der Waals surface area contributed by atoms with E-state index in [0.29, 0.717) is 43.9 Å². The van der Waals surface area contributed by atoms with Crippen molar-refractivity contribution < 1.29 is 19.2 Å². The van der Waals surface area contributed by atoms with Gasteiger partial charge in [0.25, 0.3) is 0 Å². The average Bonchev–Trinajstić information content (AvgIpc) is 2.81. The SMILES string of the molecule is CCNC(=O)NCCCOc1cccc2c1B(O)OC2. The van der Waals surface area contributed by atoms with Crippen molar-refractivity contribution in [2.45, 2.75) is 20.0 Å². The molecule has 6 nitrogen and oxygen atoms in total. The number of hydrogen-bond acceptors (Lipinski definition) is 4. The summed E-state index contributed by atoms with van der Waals surface area (Å²) in [7, 11) is -0.908. The molecule has 0 fully saturated rings. The van der Waals surface area contributed by atoms with Crippen LogP contribution in [0.1, 0.15) is 18.9 Å². The van der Waals surface area contributed by atoms with Gasteiger partial charge in [-0.1, -0.05) is 12.1 Å². The molecule has 0 bridgehead atoms. The number of ether oxygens (including phenoxy) is 1. The highest BCUT2D eigenvalue weighted by Gasteiger charge is 2.30. The van der Waals surface area contributed by atoms with Crippen LogP contribution in [0, 0.1) is 0 Å². The van der Waals surface area contributed by atoms with E-state index in [1.54, 1.807) is 0 Å². The topological polar surface area (TPSA) is 79.8 Å². The third-order valence-corrected chi connectivity index (χ3v) is 3.00. The lowest BCUT2D eigenvalue weighted by molar-refractivity contribution is 0.239. The normalized spacial score (nSPS) is 13.0. The van der Waals surface area contributed by atoms with Gasteiger partial charge in [-0.25, -0.2) is 4.79 Å². The van der Waals surface area contributed by atoms with E-state index >= 15 is 0 Å². The van der Waals surface area contributed by atoms with E-state index < -0.39 is 7.12 Å². The Balaban J connectivity index is 1.75. The van der Waals surface area contributed by atoms with Gasteiger partial charge in [-0.05, 0) is 25.0 Å². The summed E-state index contributed by atoms with van der Waals surface area (Å²) in [5.74, 6) is 0.644. The Hall–Kier alpha value is -1.73. The first-order valence-electron chi connectivity index (χ1n) is 6.78. The Morgan fingerprint density at radius 1 is 1.50 bits per heavy atom. The van der Waals surface area contributed by atoms with E-state index in [2.05, 4.69) is 10.6 Å². The highest BCUT2D eigenvalue weighted by Crippen LogP contribution is 2.18. The number of carbonyl (C=O) groups is 1. The molecule has 1 aliphatic rings. The van der Waals surface area contributed by atoms with Gasteiger partial charge in [-0.15, -0.1) is 0 Å². The molecule has 1 aromatic rings. The monoisotopic (exact) mass is 278 g/mol. The van der Waals surface area contributed by atoms with Gasteiger partial charge in [0.2, 0.25) is 0 Å². The number of benzene rings is 1. The van der Waals surface area contributed by atoms with Crippen molar-refractivity contribution in [3.63, 3.8) is 0 Å². The standard InChI is InChI=1S/C13H19BN2O4/c1-2-15-13(17)16-7-4-8-19-11-6-3-5-10-9-20-14(18)12(10)11/h3,5-6,18H,2,4,7-9H2,1H3,(H2,15,16,17). The zero-order valence-electron chi connectivity index (χ0n) is 11.5. The number of nitrogens with one attached hydrogen (secondary N) is 2. The molecular formula is C13H19BN2O4. The van der Waals surface area contributed by atoms with Crippen LogP contribution in [0.4, 0.5) is 4.79 Å². The molecule has 1 aromatic carbocycles. The van der Waals surface area contributed by atoms with Crippen LogP contribution in [0.3, 0.4) is 0 Å². The first-order valence-corrected chi connectivity index (χ1v) is 6.78. The average molecular weight is 278 g/mol. The Kier molecular flexibility index (Phi) is 5.26. The zero-order valence-corrected chi connectivity index (χ0v) is 11.5.